The normalized spacial score (nSPS) is 25.8. The zero-order valence-corrected chi connectivity index (χ0v) is 14.5. The minimum atomic E-state index is -3.29. The number of piperazine rings is 1. The molecule has 2 amide bonds. The zero-order valence-electron chi connectivity index (χ0n) is 13.7. The van der Waals surface area contributed by atoms with Gasteiger partial charge in [-0.15, -0.1) is 0 Å². The van der Waals surface area contributed by atoms with Crippen LogP contribution < -0.4 is 0 Å². The summed E-state index contributed by atoms with van der Waals surface area (Å²) in [4.78, 5) is 28.2. The number of carbonyl (C=O) groups excluding carboxylic acids is 2. The van der Waals surface area contributed by atoms with E-state index in [0.717, 1.165) is 0 Å². The van der Waals surface area contributed by atoms with Crippen molar-refractivity contribution in [3.05, 3.63) is 18.0 Å². The van der Waals surface area contributed by atoms with Crippen LogP contribution in [0.5, 0.6) is 0 Å². The molecule has 0 aliphatic carbocycles. The van der Waals surface area contributed by atoms with E-state index in [-0.39, 0.29) is 34.9 Å². The fraction of sp³-hybridized carbons (Fsp3) is 0.667. The fourth-order valence-electron chi connectivity index (χ4n) is 3.45. The summed E-state index contributed by atoms with van der Waals surface area (Å²) in [6.45, 7) is 4.54. The van der Waals surface area contributed by atoms with Crippen LogP contribution >= 0.6 is 0 Å². The summed E-state index contributed by atoms with van der Waals surface area (Å²) in [5.74, 6) is -0.419. The van der Waals surface area contributed by atoms with Crippen LogP contribution in [-0.2, 0) is 14.6 Å². The van der Waals surface area contributed by atoms with Crippen molar-refractivity contribution < 1.29 is 22.5 Å². The highest BCUT2D eigenvalue weighted by atomic mass is 32.2. The molecular weight excluding hydrogens is 334 g/mol. The first-order chi connectivity index (χ1) is 11.3. The molecule has 1 aromatic heterocycles. The first-order valence-electron chi connectivity index (χ1n) is 8.00. The molecule has 3 rings (SSSR count). The van der Waals surface area contributed by atoms with Crippen molar-refractivity contribution in [2.75, 3.05) is 24.6 Å². The quantitative estimate of drug-likeness (QED) is 0.766. The van der Waals surface area contributed by atoms with Crippen LogP contribution in [0.3, 0.4) is 0 Å². The zero-order chi connectivity index (χ0) is 17.5. The van der Waals surface area contributed by atoms with E-state index in [2.05, 4.69) is 5.16 Å². The van der Waals surface area contributed by atoms with Gasteiger partial charge in [0.1, 0.15) is 6.26 Å². The molecule has 1 aromatic rings. The molecule has 0 saturated carbocycles. The van der Waals surface area contributed by atoms with Gasteiger partial charge < -0.3 is 14.3 Å². The Hall–Kier alpha value is -1.90. The molecule has 8 nitrogen and oxygen atoms in total. The van der Waals surface area contributed by atoms with Crippen molar-refractivity contribution in [2.45, 2.75) is 32.4 Å². The van der Waals surface area contributed by atoms with Gasteiger partial charge >= 0.3 is 0 Å². The van der Waals surface area contributed by atoms with Crippen LogP contribution in [0.2, 0.25) is 0 Å². The largest absolute Gasteiger partial charge is 0.364 e. The lowest BCUT2D eigenvalue weighted by molar-refractivity contribution is -0.137. The second-order valence-electron chi connectivity index (χ2n) is 6.78. The molecule has 24 heavy (non-hydrogen) atoms. The minimum Gasteiger partial charge on any atom is -0.364 e. The second kappa shape index (κ2) is 6.19. The molecule has 0 bridgehead atoms. The maximum absolute atomic E-state index is 12.6. The first-order valence-corrected chi connectivity index (χ1v) is 9.82. The van der Waals surface area contributed by atoms with E-state index in [1.54, 1.807) is 4.90 Å². The predicted molar refractivity (Wildman–Crippen MR) is 84.9 cm³/mol. The molecule has 0 radical (unpaired) electrons. The molecule has 0 spiro atoms. The summed E-state index contributed by atoms with van der Waals surface area (Å²) in [6.07, 6.45) is 1.68. The van der Waals surface area contributed by atoms with Gasteiger partial charge in [-0.3, -0.25) is 9.59 Å². The summed E-state index contributed by atoms with van der Waals surface area (Å²) >= 11 is 0. The van der Waals surface area contributed by atoms with Crippen LogP contribution in [0, 0.1) is 5.92 Å². The third kappa shape index (κ3) is 3.17. The monoisotopic (exact) mass is 355 g/mol. The van der Waals surface area contributed by atoms with Gasteiger partial charge in [0.25, 0.3) is 5.91 Å². The van der Waals surface area contributed by atoms with Gasteiger partial charge in [-0.1, -0.05) is 19.0 Å². The Bertz CT molecular complexity index is 728. The molecule has 9 heteroatoms. The van der Waals surface area contributed by atoms with Crippen molar-refractivity contribution in [1.29, 1.82) is 0 Å². The Balaban J connectivity index is 1.85. The van der Waals surface area contributed by atoms with E-state index < -0.39 is 21.9 Å². The fourth-order valence-corrected chi connectivity index (χ4v) is 5.43. The summed E-state index contributed by atoms with van der Waals surface area (Å²) in [5, 5.41) is 3.64. The van der Waals surface area contributed by atoms with Crippen molar-refractivity contribution in [1.82, 2.24) is 15.0 Å². The van der Waals surface area contributed by atoms with E-state index in [1.807, 2.05) is 13.8 Å². The lowest BCUT2D eigenvalue weighted by Crippen LogP contribution is -2.62. The highest BCUT2D eigenvalue weighted by Crippen LogP contribution is 2.29. The Morgan fingerprint density at radius 1 is 1.25 bits per heavy atom. The summed E-state index contributed by atoms with van der Waals surface area (Å²) < 4.78 is 29.0. The molecule has 2 fully saturated rings. The van der Waals surface area contributed by atoms with Crippen molar-refractivity contribution >= 4 is 21.7 Å². The number of hydrogen-bond acceptors (Lipinski definition) is 6. The lowest BCUT2D eigenvalue weighted by atomic mass is 10.0. The molecule has 2 aliphatic heterocycles. The molecular formula is C15H21N3O5S. The maximum Gasteiger partial charge on any atom is 0.276 e. The molecule has 0 unspecified atom stereocenters. The van der Waals surface area contributed by atoms with Crippen LogP contribution in [0.15, 0.2) is 16.9 Å². The van der Waals surface area contributed by atoms with Crippen LogP contribution in [-0.4, -0.2) is 71.9 Å². The van der Waals surface area contributed by atoms with Gasteiger partial charge in [0.05, 0.1) is 23.6 Å². The number of fused-ring (bicyclic) bond motifs is 1. The summed E-state index contributed by atoms with van der Waals surface area (Å²) in [6, 6.07) is 0.451. The average molecular weight is 355 g/mol. The average Bonchev–Trinajstić information content (AvgIpc) is 3.10. The SMILES string of the molecule is CC(C)CC(=O)N1CCN(C(=O)c2ccon2)[C@H]2CS(=O)(=O)C[C@H]21. The van der Waals surface area contributed by atoms with Crippen molar-refractivity contribution in [3.8, 4) is 0 Å². The highest BCUT2D eigenvalue weighted by molar-refractivity contribution is 7.91. The smallest absolute Gasteiger partial charge is 0.276 e. The number of amides is 2. The molecule has 0 aromatic carbocycles. The molecule has 132 valence electrons. The number of rotatable bonds is 3. The predicted octanol–water partition coefficient (Wildman–Crippen LogP) is 0.171. The van der Waals surface area contributed by atoms with Crippen molar-refractivity contribution in [3.63, 3.8) is 0 Å². The number of nitrogens with zero attached hydrogens (tertiary/aromatic N) is 3. The van der Waals surface area contributed by atoms with Crippen LogP contribution in [0.25, 0.3) is 0 Å². The Kier molecular flexibility index (Phi) is 4.37. The van der Waals surface area contributed by atoms with Gasteiger partial charge in [-0.2, -0.15) is 0 Å². The van der Waals surface area contributed by atoms with E-state index in [1.165, 1.54) is 17.2 Å². The Morgan fingerprint density at radius 3 is 2.46 bits per heavy atom. The van der Waals surface area contributed by atoms with Gasteiger partial charge in [-0.05, 0) is 5.92 Å². The van der Waals surface area contributed by atoms with Crippen molar-refractivity contribution in [2.24, 2.45) is 5.92 Å². The Labute approximate surface area is 140 Å². The van der Waals surface area contributed by atoms with Gasteiger partial charge in [-0.25, -0.2) is 8.42 Å². The van der Waals surface area contributed by atoms with E-state index in [4.69, 9.17) is 4.52 Å². The number of aromatic nitrogens is 1. The lowest BCUT2D eigenvalue weighted by Gasteiger charge is -2.43. The van der Waals surface area contributed by atoms with E-state index in [9.17, 15) is 18.0 Å². The third-order valence-corrected chi connectivity index (χ3v) is 6.20. The van der Waals surface area contributed by atoms with E-state index >= 15 is 0 Å². The van der Waals surface area contributed by atoms with Crippen LogP contribution in [0.1, 0.15) is 30.8 Å². The highest BCUT2D eigenvalue weighted by Gasteiger charge is 2.49. The number of hydrogen-bond donors (Lipinski definition) is 0. The first kappa shape index (κ1) is 16.9. The topological polar surface area (TPSA) is 101 Å². The molecule has 0 N–H and O–H groups in total. The third-order valence-electron chi connectivity index (χ3n) is 4.50. The molecule has 3 heterocycles. The maximum atomic E-state index is 12.6. The standard InChI is InChI=1S/C15H21N3O5S/c1-10(2)7-14(19)17-4-5-18(15(20)11-3-6-23-16-11)13-9-24(21,22)8-12(13)17/h3,6,10,12-13H,4-5,7-9H2,1-2H3/t12-,13+/m1/s1. The number of carbonyl (C=O) groups is 2. The van der Waals surface area contributed by atoms with Gasteiger partial charge in [0.2, 0.25) is 5.91 Å². The molecule has 2 aliphatic rings. The second-order valence-corrected chi connectivity index (χ2v) is 8.93. The molecule has 2 saturated heterocycles. The van der Waals surface area contributed by atoms with Gasteiger partial charge in [0.15, 0.2) is 15.5 Å². The Morgan fingerprint density at radius 2 is 1.88 bits per heavy atom. The van der Waals surface area contributed by atoms with Gasteiger partial charge in [0, 0.05) is 25.6 Å². The summed E-state index contributed by atoms with van der Waals surface area (Å²) in [5.41, 5.74) is 0.153. The van der Waals surface area contributed by atoms with E-state index in [0.29, 0.717) is 19.5 Å². The summed E-state index contributed by atoms with van der Waals surface area (Å²) in [7, 11) is -3.29. The van der Waals surface area contributed by atoms with Crippen LogP contribution in [0.4, 0.5) is 0 Å². The number of sulfone groups is 1. The minimum absolute atomic E-state index is 0.0503. The molecule has 2 atom stereocenters.